The normalized spacial score (nSPS) is 20.5. The number of hydrogen-bond donors (Lipinski definition) is 1. The third-order valence-corrected chi connectivity index (χ3v) is 3.62. The summed E-state index contributed by atoms with van der Waals surface area (Å²) in [5.74, 6) is -0.342. The minimum atomic E-state index is -4.80. The van der Waals surface area contributed by atoms with Crippen molar-refractivity contribution in [2.24, 2.45) is 5.41 Å². The van der Waals surface area contributed by atoms with Crippen molar-refractivity contribution in [1.82, 2.24) is 5.32 Å². The van der Waals surface area contributed by atoms with Gasteiger partial charge in [-0.25, -0.2) is 4.79 Å². The molecular weight excluding hydrogens is 390 g/mol. The SMILES string of the molecule is CC1(C)COC(=O)N[C@H]1c1cc(Br)ccc1OC(F)(F)F.Cl. The number of benzene rings is 1. The van der Waals surface area contributed by atoms with Gasteiger partial charge in [-0.15, -0.1) is 25.6 Å². The van der Waals surface area contributed by atoms with Crippen molar-refractivity contribution in [2.75, 3.05) is 6.61 Å². The molecule has 1 amide bonds. The van der Waals surface area contributed by atoms with Crippen LogP contribution in [0.1, 0.15) is 25.5 Å². The second-order valence-corrected chi connectivity index (χ2v) is 6.29. The van der Waals surface area contributed by atoms with Gasteiger partial charge in [0.15, 0.2) is 0 Å². The molecule has 1 aromatic rings. The lowest BCUT2D eigenvalue weighted by molar-refractivity contribution is -0.275. The van der Waals surface area contributed by atoms with Gasteiger partial charge in [-0.2, -0.15) is 0 Å². The highest BCUT2D eigenvalue weighted by molar-refractivity contribution is 9.10. The smallest absolute Gasteiger partial charge is 0.449 e. The van der Waals surface area contributed by atoms with Crippen LogP contribution in [0.15, 0.2) is 22.7 Å². The minimum Gasteiger partial charge on any atom is -0.449 e. The average molecular weight is 405 g/mol. The van der Waals surface area contributed by atoms with E-state index < -0.39 is 23.9 Å². The van der Waals surface area contributed by atoms with Gasteiger partial charge in [0, 0.05) is 15.5 Å². The summed E-state index contributed by atoms with van der Waals surface area (Å²) < 4.78 is 47.1. The number of hydrogen-bond acceptors (Lipinski definition) is 3. The van der Waals surface area contributed by atoms with Crippen LogP contribution in [0.3, 0.4) is 0 Å². The molecule has 1 aliphatic rings. The van der Waals surface area contributed by atoms with Gasteiger partial charge in [-0.3, -0.25) is 0 Å². The first-order valence-electron chi connectivity index (χ1n) is 6.07. The molecule has 1 N–H and O–H groups in total. The van der Waals surface area contributed by atoms with E-state index in [1.165, 1.54) is 18.2 Å². The minimum absolute atomic E-state index is 0. The number of carbonyl (C=O) groups excluding carboxylic acids is 1. The van der Waals surface area contributed by atoms with E-state index in [0.29, 0.717) is 4.47 Å². The van der Waals surface area contributed by atoms with Crippen LogP contribution in [-0.2, 0) is 4.74 Å². The Kier molecular flexibility index (Phi) is 5.61. The Morgan fingerprint density at radius 2 is 2.05 bits per heavy atom. The monoisotopic (exact) mass is 403 g/mol. The second kappa shape index (κ2) is 6.54. The fourth-order valence-corrected chi connectivity index (χ4v) is 2.53. The van der Waals surface area contributed by atoms with E-state index in [0.717, 1.165) is 0 Å². The summed E-state index contributed by atoms with van der Waals surface area (Å²) in [6, 6.07) is 3.50. The highest BCUT2D eigenvalue weighted by Crippen LogP contribution is 2.42. The van der Waals surface area contributed by atoms with Crippen molar-refractivity contribution in [3.63, 3.8) is 0 Å². The van der Waals surface area contributed by atoms with Crippen LogP contribution in [-0.4, -0.2) is 19.1 Å². The molecular formula is C13H14BrClF3NO3. The summed E-state index contributed by atoms with van der Waals surface area (Å²) in [4.78, 5) is 11.4. The molecule has 4 nitrogen and oxygen atoms in total. The number of alkyl carbamates (subject to hydrolysis) is 1. The Labute approximate surface area is 139 Å². The molecule has 0 spiro atoms. The van der Waals surface area contributed by atoms with Crippen LogP contribution in [0, 0.1) is 5.41 Å². The highest BCUT2D eigenvalue weighted by atomic mass is 79.9. The van der Waals surface area contributed by atoms with Gasteiger partial charge < -0.3 is 14.8 Å². The van der Waals surface area contributed by atoms with Crippen LogP contribution in [0.2, 0.25) is 0 Å². The molecule has 9 heteroatoms. The van der Waals surface area contributed by atoms with E-state index in [9.17, 15) is 18.0 Å². The van der Waals surface area contributed by atoms with Gasteiger partial charge >= 0.3 is 12.5 Å². The fraction of sp³-hybridized carbons (Fsp3) is 0.462. The maximum absolute atomic E-state index is 12.5. The van der Waals surface area contributed by atoms with Gasteiger partial charge in [0.2, 0.25) is 0 Å². The predicted molar refractivity (Wildman–Crippen MR) is 79.1 cm³/mol. The molecule has 124 valence electrons. The molecule has 2 rings (SSSR count). The van der Waals surface area contributed by atoms with E-state index in [4.69, 9.17) is 4.74 Å². The topological polar surface area (TPSA) is 47.6 Å². The van der Waals surface area contributed by atoms with E-state index in [1.54, 1.807) is 13.8 Å². The highest BCUT2D eigenvalue weighted by Gasteiger charge is 2.41. The number of halogens is 5. The van der Waals surface area contributed by atoms with Crippen LogP contribution >= 0.6 is 28.3 Å². The van der Waals surface area contributed by atoms with Gasteiger partial charge in [0.1, 0.15) is 12.4 Å². The van der Waals surface area contributed by atoms with Crippen LogP contribution in [0.25, 0.3) is 0 Å². The first-order chi connectivity index (χ1) is 9.58. The number of nitrogens with one attached hydrogen (secondary N) is 1. The zero-order valence-corrected chi connectivity index (χ0v) is 14.1. The van der Waals surface area contributed by atoms with Crippen molar-refractivity contribution in [3.8, 4) is 5.75 Å². The lowest BCUT2D eigenvalue weighted by Gasteiger charge is -2.39. The standard InChI is InChI=1S/C13H13BrF3NO3.ClH/c1-12(2)6-20-11(19)18-10(12)8-5-7(14)3-4-9(8)21-13(15,16)17;/h3-5,10H,6H2,1-2H3,(H,18,19);1H/t10-;/m0./s1. The molecule has 0 bridgehead atoms. The third kappa shape index (κ3) is 4.42. The number of rotatable bonds is 2. The molecule has 0 saturated carbocycles. The van der Waals surface area contributed by atoms with E-state index >= 15 is 0 Å². The van der Waals surface area contributed by atoms with Gasteiger partial charge in [0.25, 0.3) is 0 Å². The molecule has 1 aliphatic heterocycles. The summed E-state index contributed by atoms with van der Waals surface area (Å²) in [5.41, 5.74) is -0.346. The summed E-state index contributed by atoms with van der Waals surface area (Å²) in [5, 5.41) is 2.55. The van der Waals surface area contributed by atoms with Crippen molar-refractivity contribution < 1.29 is 27.4 Å². The number of cyclic esters (lactones) is 1. The number of alkyl halides is 3. The first-order valence-corrected chi connectivity index (χ1v) is 6.86. The van der Waals surface area contributed by atoms with Crippen LogP contribution in [0.4, 0.5) is 18.0 Å². The molecule has 0 unspecified atom stereocenters. The maximum atomic E-state index is 12.5. The molecule has 0 radical (unpaired) electrons. The van der Waals surface area contributed by atoms with Crippen LogP contribution < -0.4 is 10.1 Å². The molecule has 0 aliphatic carbocycles. The van der Waals surface area contributed by atoms with E-state index in [1.807, 2.05) is 0 Å². The molecule has 0 aromatic heterocycles. The van der Waals surface area contributed by atoms with Crippen molar-refractivity contribution in [1.29, 1.82) is 0 Å². The summed E-state index contributed by atoms with van der Waals surface area (Å²) in [7, 11) is 0. The average Bonchev–Trinajstić information content (AvgIpc) is 2.33. The zero-order valence-electron chi connectivity index (χ0n) is 11.7. The Morgan fingerprint density at radius 1 is 1.41 bits per heavy atom. The lowest BCUT2D eigenvalue weighted by Crippen LogP contribution is -2.47. The largest absolute Gasteiger partial charge is 0.573 e. The van der Waals surface area contributed by atoms with Crippen molar-refractivity contribution in [2.45, 2.75) is 26.3 Å². The molecule has 22 heavy (non-hydrogen) atoms. The number of ether oxygens (including phenoxy) is 2. The van der Waals surface area contributed by atoms with Crippen molar-refractivity contribution in [3.05, 3.63) is 28.2 Å². The molecule has 1 fully saturated rings. The summed E-state index contributed by atoms with van der Waals surface area (Å²) >= 11 is 3.21. The van der Waals surface area contributed by atoms with Gasteiger partial charge in [-0.1, -0.05) is 29.8 Å². The quantitative estimate of drug-likeness (QED) is 0.785. The predicted octanol–water partition coefficient (Wildman–Crippen LogP) is 4.58. The molecule has 1 saturated heterocycles. The van der Waals surface area contributed by atoms with Crippen LogP contribution in [0.5, 0.6) is 5.75 Å². The maximum Gasteiger partial charge on any atom is 0.573 e. The third-order valence-electron chi connectivity index (χ3n) is 3.13. The van der Waals surface area contributed by atoms with E-state index in [2.05, 4.69) is 26.0 Å². The Bertz CT molecular complexity index is 566. The van der Waals surface area contributed by atoms with Crippen molar-refractivity contribution >= 4 is 34.4 Å². The Morgan fingerprint density at radius 3 is 2.64 bits per heavy atom. The zero-order chi connectivity index (χ0) is 15.8. The molecule has 1 atom stereocenters. The summed E-state index contributed by atoms with van der Waals surface area (Å²) in [6.07, 6.45) is -5.47. The Hall–Kier alpha value is -1.15. The lowest BCUT2D eigenvalue weighted by atomic mass is 9.80. The first kappa shape index (κ1) is 18.9. The molecule has 1 aromatic carbocycles. The fourth-order valence-electron chi connectivity index (χ4n) is 2.15. The summed E-state index contributed by atoms with van der Waals surface area (Å²) in [6.45, 7) is 3.67. The van der Waals surface area contributed by atoms with Gasteiger partial charge in [-0.05, 0) is 18.2 Å². The number of amides is 1. The molecule has 1 heterocycles. The number of carbonyl (C=O) groups is 1. The van der Waals surface area contributed by atoms with Gasteiger partial charge in [0.05, 0.1) is 6.04 Å². The Balaban J connectivity index is 0.00000242. The second-order valence-electron chi connectivity index (χ2n) is 5.37. The van der Waals surface area contributed by atoms with E-state index in [-0.39, 0.29) is 30.3 Å².